The fraction of sp³-hybridized carbons (Fsp3) is 0.500. The number of rotatable bonds is 3. The van der Waals surface area contributed by atoms with Crippen LogP contribution >= 0.6 is 35.0 Å². The van der Waals surface area contributed by atoms with Gasteiger partial charge in [-0.3, -0.25) is 0 Å². The van der Waals surface area contributed by atoms with Crippen LogP contribution in [0.3, 0.4) is 0 Å². The summed E-state index contributed by atoms with van der Waals surface area (Å²) in [5.41, 5.74) is 0. The number of hydrogen-bond acceptors (Lipinski definition) is 3. The molecular weight excluding hydrogens is 364 g/mol. The molecule has 2 heterocycles. The molecule has 3 nitrogen and oxygen atoms in total. The van der Waals surface area contributed by atoms with Crippen molar-refractivity contribution in [2.45, 2.75) is 18.6 Å². The zero-order valence-electron chi connectivity index (χ0n) is 8.83. The molecule has 0 unspecified atom stereocenters. The lowest BCUT2D eigenvalue weighted by molar-refractivity contribution is 0.253. The van der Waals surface area contributed by atoms with Gasteiger partial charge in [0.1, 0.15) is 12.8 Å². The van der Waals surface area contributed by atoms with Gasteiger partial charge in [0, 0.05) is 18.8 Å². The smallest absolute Gasteiger partial charge is 0.256 e. The Labute approximate surface area is 118 Å². The van der Waals surface area contributed by atoms with Crippen LogP contribution in [0.2, 0.25) is 0 Å². The third-order valence-electron chi connectivity index (χ3n) is 2.41. The van der Waals surface area contributed by atoms with E-state index in [1.807, 2.05) is 22.6 Å². The van der Waals surface area contributed by atoms with Crippen molar-refractivity contribution in [3.05, 3.63) is 21.8 Å². The van der Waals surface area contributed by atoms with E-state index in [0.29, 0.717) is 16.5 Å². The fourth-order valence-electron chi connectivity index (χ4n) is 1.61. The van der Waals surface area contributed by atoms with Gasteiger partial charge in [-0.25, -0.2) is 9.37 Å². The van der Waals surface area contributed by atoms with Gasteiger partial charge in [0.2, 0.25) is 0 Å². The van der Waals surface area contributed by atoms with Crippen LogP contribution in [-0.4, -0.2) is 30.3 Å². The van der Waals surface area contributed by atoms with Gasteiger partial charge in [-0.05, 0) is 35.1 Å². The normalized spacial score (nSPS) is 23.2. The third kappa shape index (κ3) is 3.89. The van der Waals surface area contributed by atoms with Gasteiger partial charge >= 0.3 is 0 Å². The molecule has 0 radical (unpaired) electrons. The molecule has 0 amide bonds. The summed E-state index contributed by atoms with van der Waals surface area (Å²) in [6, 6.07) is 1.62. The predicted octanol–water partition coefficient (Wildman–Crippen LogP) is 2.33. The second-order valence-electron chi connectivity index (χ2n) is 3.66. The van der Waals surface area contributed by atoms with E-state index in [4.69, 9.17) is 4.74 Å². The second kappa shape index (κ2) is 6.65. The van der Waals surface area contributed by atoms with Gasteiger partial charge in [-0.1, -0.05) is 0 Å². The molecule has 0 bridgehead atoms. The minimum atomic E-state index is -0.827. The minimum absolute atomic E-state index is 0. The molecule has 1 N–H and O–H groups in total. The summed E-state index contributed by atoms with van der Waals surface area (Å²) in [4.78, 5) is 3.51. The highest BCUT2D eigenvalue weighted by Gasteiger charge is 2.24. The van der Waals surface area contributed by atoms with Crippen LogP contribution in [-0.2, 0) is 0 Å². The van der Waals surface area contributed by atoms with Crippen LogP contribution in [0.4, 0.5) is 8.78 Å². The Balaban J connectivity index is 0.00000144. The van der Waals surface area contributed by atoms with Crippen molar-refractivity contribution in [2.24, 2.45) is 0 Å². The maximum absolute atomic E-state index is 13.3. The third-order valence-corrected chi connectivity index (χ3v) is 3.26. The molecular formula is C10H12ClF2IN2O. The van der Waals surface area contributed by atoms with Gasteiger partial charge in [0.15, 0.2) is 5.75 Å². The molecule has 17 heavy (non-hydrogen) atoms. The summed E-state index contributed by atoms with van der Waals surface area (Å²) in [6.07, 6.45) is 0.972. The van der Waals surface area contributed by atoms with Crippen molar-refractivity contribution in [3.8, 4) is 5.75 Å². The number of halogens is 4. The Morgan fingerprint density at radius 3 is 2.94 bits per heavy atom. The first-order valence-electron chi connectivity index (χ1n) is 4.97. The van der Waals surface area contributed by atoms with Crippen LogP contribution in [0.15, 0.2) is 12.3 Å². The van der Waals surface area contributed by atoms with E-state index >= 15 is 0 Å². The van der Waals surface area contributed by atoms with Crippen LogP contribution in [0.1, 0.15) is 6.42 Å². The molecule has 1 aromatic rings. The highest BCUT2D eigenvalue weighted by atomic mass is 127. The van der Waals surface area contributed by atoms with Crippen molar-refractivity contribution in [3.63, 3.8) is 0 Å². The van der Waals surface area contributed by atoms with E-state index in [0.717, 1.165) is 0 Å². The highest BCUT2D eigenvalue weighted by molar-refractivity contribution is 14.1. The lowest BCUT2D eigenvalue weighted by atomic mass is 10.2. The Bertz CT molecular complexity index is 363. The van der Waals surface area contributed by atoms with Crippen LogP contribution in [0, 0.1) is 9.52 Å². The molecule has 7 heteroatoms. The molecule has 1 saturated heterocycles. The standard InChI is InChI=1S/C10H11F2IN2O.ClH/c11-6-3-7(15-4-6)5-16-9-8(13)1-2-14-10(9)12;/h1-2,6-7,15H,3-5H2;1H/t6-,7-;/m0./s1. The zero-order chi connectivity index (χ0) is 11.5. The summed E-state index contributed by atoms with van der Waals surface area (Å²) < 4.78 is 32.1. The van der Waals surface area contributed by atoms with Crippen molar-refractivity contribution < 1.29 is 13.5 Å². The molecule has 1 aliphatic rings. The summed E-state index contributed by atoms with van der Waals surface area (Å²) >= 11 is 1.98. The SMILES string of the molecule is Cl.Fc1nccc(I)c1OC[C@@H]1C[C@H](F)CN1. The average Bonchev–Trinajstić information content (AvgIpc) is 2.63. The van der Waals surface area contributed by atoms with Crippen molar-refractivity contribution >= 4 is 35.0 Å². The number of pyridine rings is 1. The van der Waals surface area contributed by atoms with Gasteiger partial charge in [-0.2, -0.15) is 4.39 Å². The predicted molar refractivity (Wildman–Crippen MR) is 71.0 cm³/mol. The molecule has 0 spiro atoms. The molecule has 1 fully saturated rings. The highest BCUT2D eigenvalue weighted by Crippen LogP contribution is 2.23. The Morgan fingerprint density at radius 1 is 1.59 bits per heavy atom. The van der Waals surface area contributed by atoms with E-state index in [1.165, 1.54) is 6.20 Å². The van der Waals surface area contributed by atoms with Gasteiger partial charge in [-0.15, -0.1) is 12.4 Å². The first kappa shape index (κ1) is 14.8. The Morgan fingerprint density at radius 2 is 2.35 bits per heavy atom. The van der Waals surface area contributed by atoms with E-state index in [9.17, 15) is 8.78 Å². The number of nitrogens with one attached hydrogen (secondary N) is 1. The second-order valence-corrected chi connectivity index (χ2v) is 4.82. The molecule has 96 valence electrons. The lowest BCUT2D eigenvalue weighted by Gasteiger charge is -2.12. The van der Waals surface area contributed by atoms with Crippen LogP contribution in [0.25, 0.3) is 0 Å². The summed E-state index contributed by atoms with van der Waals surface area (Å²) in [5, 5.41) is 2.97. The molecule has 2 rings (SSSR count). The molecule has 2 atom stereocenters. The molecule has 0 aromatic carbocycles. The molecule has 1 aliphatic heterocycles. The summed E-state index contributed by atoms with van der Waals surface area (Å²) in [6.45, 7) is 0.611. The number of hydrogen-bond donors (Lipinski definition) is 1. The van der Waals surface area contributed by atoms with Crippen molar-refractivity contribution in [1.29, 1.82) is 0 Å². The van der Waals surface area contributed by atoms with Gasteiger partial charge in [0.25, 0.3) is 5.95 Å². The van der Waals surface area contributed by atoms with Crippen LogP contribution in [0.5, 0.6) is 5.75 Å². The Hall–Kier alpha value is -0.210. The number of aromatic nitrogens is 1. The largest absolute Gasteiger partial charge is 0.486 e. The molecule has 0 aliphatic carbocycles. The van der Waals surface area contributed by atoms with Crippen LogP contribution < -0.4 is 10.1 Å². The Kier molecular flexibility index (Phi) is 5.81. The number of ether oxygens (including phenoxy) is 1. The first-order chi connectivity index (χ1) is 7.66. The number of nitrogens with zero attached hydrogens (tertiary/aromatic N) is 1. The first-order valence-corrected chi connectivity index (χ1v) is 6.05. The molecule has 0 saturated carbocycles. The van der Waals surface area contributed by atoms with E-state index in [-0.39, 0.29) is 30.8 Å². The van der Waals surface area contributed by atoms with E-state index < -0.39 is 12.1 Å². The van der Waals surface area contributed by atoms with Crippen molar-refractivity contribution in [1.82, 2.24) is 10.3 Å². The van der Waals surface area contributed by atoms with Gasteiger partial charge in [0.05, 0.1) is 3.57 Å². The summed E-state index contributed by atoms with van der Waals surface area (Å²) in [7, 11) is 0. The maximum Gasteiger partial charge on any atom is 0.256 e. The lowest BCUT2D eigenvalue weighted by Crippen LogP contribution is -2.28. The quantitative estimate of drug-likeness (QED) is 0.649. The molecule has 1 aromatic heterocycles. The van der Waals surface area contributed by atoms with Crippen molar-refractivity contribution in [2.75, 3.05) is 13.2 Å². The average molecular weight is 377 g/mol. The summed E-state index contributed by atoms with van der Waals surface area (Å²) in [5.74, 6) is -0.478. The fourth-order valence-corrected chi connectivity index (χ4v) is 2.15. The van der Waals surface area contributed by atoms with Gasteiger partial charge < -0.3 is 10.1 Å². The number of alkyl halides is 1. The van der Waals surface area contributed by atoms with E-state index in [2.05, 4.69) is 10.3 Å². The zero-order valence-corrected chi connectivity index (χ0v) is 11.8. The minimum Gasteiger partial charge on any atom is -0.486 e. The van der Waals surface area contributed by atoms with E-state index in [1.54, 1.807) is 6.07 Å². The maximum atomic E-state index is 13.3. The topological polar surface area (TPSA) is 34.1 Å². The monoisotopic (exact) mass is 376 g/mol.